The molecule has 4 aromatic rings. The number of ether oxygens (including phenoxy) is 4. The SMILES string of the molecule is COCOc1cc(-c2ccc3c(N4CC5CCC(C4)N5C(=O)OC(C)(C)C)nc(OCC=O)nc3c2F)c2c(C#C[Si](C(C)C)(C(C)C)C(C)C)c(F)ccc2c1. The van der Waals surface area contributed by atoms with Crippen molar-refractivity contribution in [3.63, 3.8) is 0 Å². The van der Waals surface area contributed by atoms with Gasteiger partial charge in [0, 0.05) is 36.5 Å². The Morgan fingerprint density at radius 3 is 2.21 bits per heavy atom. The van der Waals surface area contributed by atoms with E-state index >= 15 is 8.78 Å². The monoisotopic (exact) mass is 800 g/mol. The van der Waals surface area contributed by atoms with E-state index in [4.69, 9.17) is 18.9 Å². The Morgan fingerprint density at radius 2 is 1.61 bits per heavy atom. The van der Waals surface area contributed by atoms with Crippen LogP contribution in [0, 0.1) is 23.1 Å². The summed E-state index contributed by atoms with van der Waals surface area (Å²) in [6.45, 7) is 19.2. The van der Waals surface area contributed by atoms with Crippen LogP contribution in [0.2, 0.25) is 16.6 Å². The van der Waals surface area contributed by atoms with E-state index in [2.05, 4.69) is 63.0 Å². The maximum absolute atomic E-state index is 17.4. The highest BCUT2D eigenvalue weighted by Gasteiger charge is 2.45. The molecule has 6 rings (SSSR count). The molecule has 10 nitrogen and oxygen atoms in total. The summed E-state index contributed by atoms with van der Waals surface area (Å²) >= 11 is 0. The molecule has 57 heavy (non-hydrogen) atoms. The molecule has 0 aliphatic carbocycles. The van der Waals surface area contributed by atoms with Gasteiger partial charge in [-0.1, -0.05) is 59.6 Å². The number of fused-ring (bicyclic) bond motifs is 4. The number of nitrogens with zero attached hydrogens (tertiary/aromatic N) is 4. The summed E-state index contributed by atoms with van der Waals surface area (Å²) in [5.41, 5.74) is 4.63. The van der Waals surface area contributed by atoms with Crippen molar-refractivity contribution in [1.82, 2.24) is 14.9 Å². The fourth-order valence-corrected chi connectivity index (χ4v) is 14.2. The zero-order valence-corrected chi connectivity index (χ0v) is 35.7. The maximum Gasteiger partial charge on any atom is 0.410 e. The van der Waals surface area contributed by atoms with Gasteiger partial charge in [0.2, 0.25) is 0 Å². The third-order valence-corrected chi connectivity index (χ3v) is 17.7. The molecule has 13 heteroatoms. The van der Waals surface area contributed by atoms with Crippen LogP contribution in [0.1, 0.15) is 80.7 Å². The average Bonchev–Trinajstić information content (AvgIpc) is 3.42. The third kappa shape index (κ3) is 8.16. The predicted molar refractivity (Wildman–Crippen MR) is 221 cm³/mol. The lowest BCUT2D eigenvalue weighted by Crippen LogP contribution is -2.57. The number of anilines is 1. The number of hydrogen-bond acceptors (Lipinski definition) is 9. The zero-order chi connectivity index (χ0) is 41.4. The molecule has 1 aromatic heterocycles. The molecule has 0 N–H and O–H groups in total. The van der Waals surface area contributed by atoms with E-state index in [-0.39, 0.29) is 54.2 Å². The zero-order valence-electron chi connectivity index (χ0n) is 34.7. The molecule has 2 fully saturated rings. The van der Waals surface area contributed by atoms with Crippen molar-refractivity contribution < 1.29 is 37.3 Å². The van der Waals surface area contributed by atoms with Gasteiger partial charge < -0.3 is 23.8 Å². The fraction of sp³-hybridized carbons (Fsp3) is 0.500. The Labute approximate surface area is 335 Å². The van der Waals surface area contributed by atoms with Crippen LogP contribution >= 0.6 is 0 Å². The number of methoxy groups -OCH3 is 1. The lowest BCUT2D eigenvalue weighted by Gasteiger charge is -2.42. The van der Waals surface area contributed by atoms with Crippen molar-refractivity contribution in [2.75, 3.05) is 38.5 Å². The number of benzene rings is 3. The molecule has 2 saturated heterocycles. The summed E-state index contributed by atoms with van der Waals surface area (Å²) in [6, 6.07) is 9.42. The Bertz CT molecular complexity index is 2190. The van der Waals surface area contributed by atoms with Gasteiger partial charge >= 0.3 is 12.1 Å². The first kappa shape index (κ1) is 41.8. The molecule has 0 spiro atoms. The number of aldehydes is 1. The van der Waals surface area contributed by atoms with Gasteiger partial charge in [0.15, 0.2) is 18.9 Å². The van der Waals surface area contributed by atoms with Gasteiger partial charge in [-0.25, -0.2) is 13.6 Å². The molecule has 2 atom stereocenters. The smallest absolute Gasteiger partial charge is 0.410 e. The minimum Gasteiger partial charge on any atom is -0.468 e. The molecule has 3 aromatic carbocycles. The molecule has 0 radical (unpaired) electrons. The summed E-state index contributed by atoms with van der Waals surface area (Å²) in [5, 5.41) is 1.49. The number of aromatic nitrogens is 2. The van der Waals surface area contributed by atoms with Gasteiger partial charge in [-0.3, -0.25) is 9.69 Å². The quantitative estimate of drug-likeness (QED) is 0.0636. The molecule has 2 bridgehead atoms. The molecule has 2 unspecified atom stereocenters. The van der Waals surface area contributed by atoms with Crippen LogP contribution in [0.25, 0.3) is 32.8 Å². The minimum absolute atomic E-state index is 0.0356. The number of piperazine rings is 1. The molecule has 304 valence electrons. The highest BCUT2D eigenvalue weighted by atomic mass is 28.3. The lowest BCUT2D eigenvalue weighted by atomic mass is 9.93. The van der Waals surface area contributed by atoms with Crippen molar-refractivity contribution in [1.29, 1.82) is 0 Å². The van der Waals surface area contributed by atoms with Crippen LogP contribution in [0.3, 0.4) is 0 Å². The third-order valence-electron chi connectivity index (χ3n) is 11.4. The van der Waals surface area contributed by atoms with E-state index in [0.717, 1.165) is 12.8 Å². The van der Waals surface area contributed by atoms with E-state index in [0.29, 0.717) is 69.3 Å². The minimum atomic E-state index is -2.29. The summed E-state index contributed by atoms with van der Waals surface area (Å²) in [7, 11) is -0.786. The molecule has 2 aliphatic rings. The number of carbonyl (C=O) groups excluding carboxylic acids is 2. The van der Waals surface area contributed by atoms with E-state index in [1.807, 2.05) is 30.6 Å². The van der Waals surface area contributed by atoms with E-state index < -0.39 is 25.3 Å². The van der Waals surface area contributed by atoms with Crippen molar-refractivity contribution in [2.24, 2.45) is 0 Å². The van der Waals surface area contributed by atoms with Gasteiger partial charge in [0.1, 0.15) is 43.2 Å². The summed E-state index contributed by atoms with van der Waals surface area (Å²) in [6.07, 6.45) is 1.77. The van der Waals surface area contributed by atoms with Gasteiger partial charge in [-0.15, -0.1) is 5.54 Å². The van der Waals surface area contributed by atoms with Crippen LogP contribution in [0.4, 0.5) is 19.4 Å². The highest BCUT2D eigenvalue weighted by molar-refractivity contribution is 6.90. The second-order valence-electron chi connectivity index (χ2n) is 17.0. The van der Waals surface area contributed by atoms with Gasteiger partial charge in [0.05, 0.1) is 17.6 Å². The normalized spacial score (nSPS) is 17.1. The van der Waals surface area contributed by atoms with Gasteiger partial charge in [0.25, 0.3) is 0 Å². The van der Waals surface area contributed by atoms with Gasteiger partial charge in [-0.05, 0) is 85.5 Å². The topological polar surface area (TPSA) is 103 Å². The Morgan fingerprint density at radius 1 is 0.947 bits per heavy atom. The first-order chi connectivity index (χ1) is 27.0. The van der Waals surface area contributed by atoms with Gasteiger partial charge in [-0.2, -0.15) is 9.97 Å². The molecular weight excluding hydrogens is 747 g/mol. The van der Waals surface area contributed by atoms with Crippen LogP contribution < -0.4 is 14.4 Å². The molecular formula is C44H54F2N4O6Si. The lowest BCUT2D eigenvalue weighted by molar-refractivity contribution is -0.109. The second kappa shape index (κ2) is 16.6. The Balaban J connectivity index is 1.54. The van der Waals surface area contributed by atoms with E-state index in [9.17, 15) is 9.59 Å². The summed E-state index contributed by atoms with van der Waals surface area (Å²) in [5.74, 6) is 2.95. The predicted octanol–water partition coefficient (Wildman–Crippen LogP) is 9.45. The highest BCUT2D eigenvalue weighted by Crippen LogP contribution is 2.43. The molecule has 2 aliphatic heterocycles. The van der Waals surface area contributed by atoms with Crippen molar-refractivity contribution >= 4 is 47.9 Å². The maximum atomic E-state index is 17.4. The number of rotatable bonds is 11. The molecule has 3 heterocycles. The van der Waals surface area contributed by atoms with Crippen molar-refractivity contribution in [3.05, 3.63) is 53.6 Å². The van der Waals surface area contributed by atoms with Crippen LogP contribution in [0.15, 0.2) is 36.4 Å². The standard InChI is InChI=1S/C44H54F2N4O6Si/c1-26(2)57(27(3)4,28(5)6)20-17-34-37(45)16-11-29-21-32(55-25-53-10)22-36(38(29)34)33-14-15-35-40(39(33)46)47-42(54-19-18-51)48-41(35)49-23-30-12-13-31(24-49)50(30)43(52)56-44(7,8)9/h11,14-16,18,21-22,26-28,30-31H,12-13,19,23-25H2,1-10H3. The van der Waals surface area contributed by atoms with Crippen LogP contribution in [-0.4, -0.2) is 86.6 Å². The average molecular weight is 801 g/mol. The van der Waals surface area contributed by atoms with Crippen LogP contribution in [0.5, 0.6) is 11.8 Å². The largest absolute Gasteiger partial charge is 0.468 e. The summed E-state index contributed by atoms with van der Waals surface area (Å²) < 4.78 is 56.0. The number of amides is 1. The van der Waals surface area contributed by atoms with Crippen molar-refractivity contribution in [3.8, 4) is 34.4 Å². The van der Waals surface area contributed by atoms with E-state index in [1.165, 1.54) is 13.2 Å². The second-order valence-corrected chi connectivity index (χ2v) is 22.6. The first-order valence-electron chi connectivity index (χ1n) is 19.7. The first-order valence-corrected chi connectivity index (χ1v) is 22.0. The Kier molecular flexibility index (Phi) is 12.2. The Hall–Kier alpha value is -4.80. The van der Waals surface area contributed by atoms with Crippen molar-refractivity contribution in [2.45, 2.75) is 109 Å². The van der Waals surface area contributed by atoms with Crippen LogP contribution in [-0.2, 0) is 14.3 Å². The number of halogens is 2. The number of hydrogen-bond donors (Lipinski definition) is 0. The fourth-order valence-electron chi connectivity index (χ4n) is 9.00. The van der Waals surface area contributed by atoms with E-state index in [1.54, 1.807) is 30.3 Å². The summed E-state index contributed by atoms with van der Waals surface area (Å²) in [4.78, 5) is 37.6. The molecule has 1 amide bonds. The number of carbonyl (C=O) groups is 2. The molecule has 0 saturated carbocycles.